The molecule has 0 radical (unpaired) electrons. The molecule has 340 valence electrons. The maximum Gasteiger partial charge on any atom is 0.305 e. The molecule has 0 aromatic rings. The number of hydrogen-bond donors (Lipinski definition) is 3. The van der Waals surface area contributed by atoms with E-state index in [1.165, 1.54) is 95.5 Å². The van der Waals surface area contributed by atoms with Gasteiger partial charge in [-0.25, -0.2) is 0 Å². The third-order valence-electron chi connectivity index (χ3n) is 17.1. The molecule has 0 amide bonds. The molecule has 1 heterocycles. The molecule has 1 saturated heterocycles. The first-order chi connectivity index (χ1) is 28.3. The monoisotopic (exact) mass is 827 g/mol. The van der Waals surface area contributed by atoms with E-state index in [0.29, 0.717) is 17.8 Å². The minimum Gasteiger partial charge on any atom is -0.463 e. The van der Waals surface area contributed by atoms with Gasteiger partial charge in [-0.05, 0) is 136 Å². The molecule has 0 aromatic carbocycles. The predicted octanol–water partition coefficient (Wildman–Crippen LogP) is 12.0. The van der Waals surface area contributed by atoms with Crippen molar-refractivity contribution in [1.29, 1.82) is 0 Å². The number of fused-ring (bicyclic) bond motifs is 5. The Morgan fingerprint density at radius 2 is 1.49 bits per heavy atom. The smallest absolute Gasteiger partial charge is 0.305 e. The largest absolute Gasteiger partial charge is 0.463 e. The number of unbranched alkanes of at least 4 members (excludes halogenated alkanes) is 11. The third-order valence-corrected chi connectivity index (χ3v) is 17.1. The molecule has 3 saturated carbocycles. The molecule has 59 heavy (non-hydrogen) atoms. The standard InChI is InChI=1S/C52H90O7/c1-8-9-10-11-12-13-14-15-16-17-18-19-20-21-22-23-46(53)57-35-45-47(54)48(55)49(56)50(59-45)58-40-30-32-51(6)39(34-40)26-27-41-43-29-28-42(52(43,7)33-31-44(41)51)38(5)25-24-37(4)36(2)3/h15-16,26,36-38,40-45,47-50,54-56H,8-14,17-25,27-35H2,1-7H3/b16-15-. The van der Waals surface area contributed by atoms with Crippen LogP contribution in [0.2, 0.25) is 0 Å². The molecule has 4 aliphatic carbocycles. The van der Waals surface area contributed by atoms with Crippen LogP contribution < -0.4 is 0 Å². The van der Waals surface area contributed by atoms with Gasteiger partial charge in [-0.2, -0.15) is 0 Å². The van der Waals surface area contributed by atoms with Crippen LogP contribution in [0.5, 0.6) is 0 Å². The Kier molecular flexibility index (Phi) is 19.4. The van der Waals surface area contributed by atoms with Crippen molar-refractivity contribution in [3.05, 3.63) is 23.8 Å². The fourth-order valence-corrected chi connectivity index (χ4v) is 12.7. The number of aliphatic hydroxyl groups is 3. The Labute approximate surface area is 361 Å². The lowest BCUT2D eigenvalue weighted by Crippen LogP contribution is -2.60. The Hall–Kier alpha value is -1.25. The molecule has 0 aromatic heterocycles. The van der Waals surface area contributed by atoms with Crippen LogP contribution in [-0.4, -0.2) is 64.7 Å². The van der Waals surface area contributed by atoms with E-state index in [4.69, 9.17) is 14.2 Å². The summed E-state index contributed by atoms with van der Waals surface area (Å²) < 4.78 is 18.0. The second-order valence-electron chi connectivity index (χ2n) is 21.3. The highest BCUT2D eigenvalue weighted by molar-refractivity contribution is 5.69. The Bertz CT molecular complexity index is 1310. The zero-order chi connectivity index (χ0) is 42.6. The van der Waals surface area contributed by atoms with Crippen molar-refractivity contribution < 1.29 is 34.3 Å². The minimum absolute atomic E-state index is 0.143. The van der Waals surface area contributed by atoms with E-state index in [2.05, 4.69) is 66.7 Å². The average Bonchev–Trinajstić information content (AvgIpc) is 3.58. The summed E-state index contributed by atoms with van der Waals surface area (Å²) in [5.74, 6) is 5.15. The fourth-order valence-electron chi connectivity index (χ4n) is 12.7. The summed E-state index contributed by atoms with van der Waals surface area (Å²) in [6.45, 7) is 17.0. The first-order valence-electron chi connectivity index (χ1n) is 25.1. The van der Waals surface area contributed by atoms with Crippen LogP contribution in [0.25, 0.3) is 0 Å². The average molecular weight is 827 g/mol. The molecule has 0 bridgehead atoms. The Morgan fingerprint density at radius 3 is 2.19 bits per heavy atom. The molecular weight excluding hydrogens is 737 g/mol. The normalized spacial score (nSPS) is 36.8. The van der Waals surface area contributed by atoms with E-state index in [1.807, 2.05) is 0 Å². The van der Waals surface area contributed by atoms with Gasteiger partial charge in [0.05, 0.1) is 6.10 Å². The number of aliphatic hydroxyl groups excluding tert-OH is 3. The summed E-state index contributed by atoms with van der Waals surface area (Å²) in [6, 6.07) is 0. The van der Waals surface area contributed by atoms with Crippen molar-refractivity contribution >= 4 is 5.97 Å². The Morgan fingerprint density at radius 1 is 0.814 bits per heavy atom. The van der Waals surface area contributed by atoms with Crippen molar-refractivity contribution in [2.24, 2.45) is 52.3 Å². The summed E-state index contributed by atoms with van der Waals surface area (Å²) >= 11 is 0. The van der Waals surface area contributed by atoms with Crippen LogP contribution in [0.15, 0.2) is 23.8 Å². The van der Waals surface area contributed by atoms with Crippen molar-refractivity contribution in [3.63, 3.8) is 0 Å². The molecule has 14 unspecified atom stereocenters. The van der Waals surface area contributed by atoms with E-state index in [0.717, 1.165) is 93.3 Å². The molecular formula is C52H90O7. The van der Waals surface area contributed by atoms with Gasteiger partial charge in [-0.3, -0.25) is 4.79 Å². The molecule has 3 N–H and O–H groups in total. The van der Waals surface area contributed by atoms with Crippen LogP contribution >= 0.6 is 0 Å². The first kappa shape index (κ1) is 48.8. The predicted molar refractivity (Wildman–Crippen MR) is 240 cm³/mol. The highest BCUT2D eigenvalue weighted by Crippen LogP contribution is 2.67. The fraction of sp³-hybridized carbons (Fsp3) is 0.904. The third kappa shape index (κ3) is 12.7. The number of carbonyl (C=O) groups excluding carboxylic acids is 1. The van der Waals surface area contributed by atoms with Crippen LogP contribution in [0.4, 0.5) is 0 Å². The van der Waals surface area contributed by atoms with Crippen molar-refractivity contribution in [2.75, 3.05) is 6.61 Å². The van der Waals surface area contributed by atoms with Crippen LogP contribution in [0.3, 0.4) is 0 Å². The van der Waals surface area contributed by atoms with Gasteiger partial charge in [0.25, 0.3) is 0 Å². The molecule has 4 fully saturated rings. The van der Waals surface area contributed by atoms with E-state index < -0.39 is 30.7 Å². The Balaban J connectivity index is 1.02. The number of ether oxygens (including phenoxy) is 3. The van der Waals surface area contributed by atoms with Crippen LogP contribution in [0.1, 0.15) is 203 Å². The van der Waals surface area contributed by atoms with E-state index >= 15 is 0 Å². The van der Waals surface area contributed by atoms with Gasteiger partial charge >= 0.3 is 5.97 Å². The topological polar surface area (TPSA) is 105 Å². The molecule has 0 spiro atoms. The maximum absolute atomic E-state index is 12.6. The van der Waals surface area contributed by atoms with Crippen LogP contribution in [-0.2, 0) is 19.0 Å². The zero-order valence-corrected chi connectivity index (χ0v) is 38.9. The van der Waals surface area contributed by atoms with Crippen LogP contribution in [0, 0.1) is 52.3 Å². The number of hydrogen-bond acceptors (Lipinski definition) is 7. The number of rotatable bonds is 24. The summed E-state index contributed by atoms with van der Waals surface area (Å²) in [6.07, 6.45) is 28.8. The lowest BCUT2D eigenvalue weighted by molar-refractivity contribution is -0.313. The number of esters is 1. The summed E-state index contributed by atoms with van der Waals surface area (Å²) in [5.41, 5.74) is 2.12. The molecule has 7 heteroatoms. The minimum atomic E-state index is -1.44. The second-order valence-corrected chi connectivity index (χ2v) is 21.3. The van der Waals surface area contributed by atoms with Gasteiger partial charge in [-0.15, -0.1) is 0 Å². The zero-order valence-electron chi connectivity index (χ0n) is 38.9. The summed E-state index contributed by atoms with van der Waals surface area (Å²) in [4.78, 5) is 12.6. The van der Waals surface area contributed by atoms with Gasteiger partial charge in [0.15, 0.2) is 6.29 Å². The van der Waals surface area contributed by atoms with Gasteiger partial charge in [0.1, 0.15) is 31.0 Å². The number of allylic oxidation sites excluding steroid dienone is 3. The van der Waals surface area contributed by atoms with E-state index in [1.54, 1.807) is 0 Å². The maximum atomic E-state index is 12.6. The molecule has 14 atom stereocenters. The molecule has 7 nitrogen and oxygen atoms in total. The van der Waals surface area contributed by atoms with Crippen molar-refractivity contribution in [3.8, 4) is 0 Å². The molecule has 5 aliphatic rings. The first-order valence-corrected chi connectivity index (χ1v) is 25.1. The summed E-state index contributed by atoms with van der Waals surface area (Å²) in [5, 5.41) is 32.5. The lowest BCUT2D eigenvalue weighted by Gasteiger charge is -2.58. The SMILES string of the molecule is CCCCCCCC/C=C\CCCCCCCC(=O)OCC1OC(OC2CCC3(C)C(=CCC4C3CCC3(C)C(C(C)CCC(C)C(C)C)CCC43)C2)C(O)C(O)C1O. The summed E-state index contributed by atoms with van der Waals surface area (Å²) in [7, 11) is 0. The van der Waals surface area contributed by atoms with Gasteiger partial charge in [0, 0.05) is 6.42 Å². The highest BCUT2D eigenvalue weighted by Gasteiger charge is 2.59. The van der Waals surface area contributed by atoms with Gasteiger partial charge in [0.2, 0.25) is 0 Å². The molecule has 5 rings (SSSR count). The van der Waals surface area contributed by atoms with E-state index in [9.17, 15) is 20.1 Å². The van der Waals surface area contributed by atoms with E-state index in [-0.39, 0.29) is 24.1 Å². The van der Waals surface area contributed by atoms with Gasteiger partial charge < -0.3 is 29.5 Å². The quantitative estimate of drug-likeness (QED) is 0.0505. The lowest BCUT2D eigenvalue weighted by atomic mass is 9.47. The second kappa shape index (κ2) is 23.4. The highest BCUT2D eigenvalue weighted by atomic mass is 16.7. The van der Waals surface area contributed by atoms with Crippen molar-refractivity contribution in [2.45, 2.75) is 239 Å². The van der Waals surface area contributed by atoms with Gasteiger partial charge in [-0.1, -0.05) is 136 Å². The number of carbonyl (C=O) groups is 1. The molecule has 1 aliphatic heterocycles. The van der Waals surface area contributed by atoms with Crippen molar-refractivity contribution in [1.82, 2.24) is 0 Å².